The zero-order chi connectivity index (χ0) is 29.6. The predicted molar refractivity (Wildman–Crippen MR) is 126 cm³/mol. The monoisotopic (exact) mass is 590 g/mol. The highest BCUT2D eigenvalue weighted by Crippen LogP contribution is 2.51. The first-order chi connectivity index (χ1) is 18.6. The van der Waals surface area contributed by atoms with Crippen LogP contribution < -0.4 is 5.32 Å². The maximum atomic E-state index is 14.8. The van der Waals surface area contributed by atoms with Gasteiger partial charge in [0.2, 0.25) is 5.91 Å². The van der Waals surface area contributed by atoms with Gasteiger partial charge in [0.1, 0.15) is 18.4 Å². The van der Waals surface area contributed by atoms with Crippen molar-refractivity contribution >= 4 is 29.1 Å². The van der Waals surface area contributed by atoms with E-state index in [0.29, 0.717) is 0 Å². The number of hydrogen-bond donors (Lipinski definition) is 1. The van der Waals surface area contributed by atoms with Crippen molar-refractivity contribution in [2.24, 2.45) is 5.16 Å². The van der Waals surface area contributed by atoms with Crippen molar-refractivity contribution in [3.05, 3.63) is 69.0 Å². The molecular weight excluding hydrogens is 573 g/mol. The Hall–Kier alpha value is -3.86. The summed E-state index contributed by atoms with van der Waals surface area (Å²) in [4.78, 5) is 31.0. The maximum absolute atomic E-state index is 14.8. The van der Waals surface area contributed by atoms with Gasteiger partial charge < -0.3 is 15.1 Å². The van der Waals surface area contributed by atoms with E-state index in [9.17, 15) is 40.3 Å². The molecule has 1 saturated heterocycles. The number of benzene rings is 2. The molecule has 4 rings (SSSR count). The molecule has 0 aromatic heterocycles. The largest absolute Gasteiger partial charge is 0.435 e. The van der Waals surface area contributed by atoms with Crippen molar-refractivity contribution < 1.29 is 45.2 Å². The van der Waals surface area contributed by atoms with Crippen LogP contribution in [-0.4, -0.2) is 47.7 Å². The second kappa shape index (κ2) is 10.3. The molecule has 7 nitrogen and oxygen atoms in total. The average molecular weight is 591 g/mol. The molecule has 2 aromatic rings. The number of nitrogens with one attached hydrogen (secondary N) is 1. The summed E-state index contributed by atoms with van der Waals surface area (Å²) >= 11 is 5.52. The summed E-state index contributed by atoms with van der Waals surface area (Å²) in [7, 11) is 0. The number of nitriles is 1. The summed E-state index contributed by atoms with van der Waals surface area (Å²) in [5.41, 5.74) is -6.63. The average Bonchev–Trinajstić information content (AvgIpc) is 3.46. The molecule has 15 heteroatoms. The van der Waals surface area contributed by atoms with E-state index in [1.807, 2.05) is 6.07 Å². The van der Waals surface area contributed by atoms with Crippen LogP contribution >= 0.6 is 11.6 Å². The first-order valence-corrected chi connectivity index (χ1v) is 11.9. The number of nitrogens with zero attached hydrogens (tertiary/aromatic N) is 3. The Morgan fingerprint density at radius 2 is 1.95 bits per heavy atom. The number of carbonyl (C=O) groups excluding carboxylic acids is 2. The first-order valence-electron chi connectivity index (χ1n) is 11.5. The number of amides is 2. The highest BCUT2D eigenvalue weighted by molar-refractivity contribution is 6.30. The fourth-order valence-electron chi connectivity index (χ4n) is 4.53. The third-order valence-electron chi connectivity index (χ3n) is 6.65. The summed E-state index contributed by atoms with van der Waals surface area (Å²) in [6, 6.07) is 4.98. The van der Waals surface area contributed by atoms with Gasteiger partial charge in [0.25, 0.3) is 11.5 Å². The highest BCUT2D eigenvalue weighted by atomic mass is 35.5. The lowest BCUT2D eigenvalue weighted by atomic mass is 9.85. The normalized spacial score (nSPS) is 21.2. The lowest BCUT2D eigenvalue weighted by molar-refractivity contribution is -0.276. The van der Waals surface area contributed by atoms with Crippen LogP contribution in [0.4, 0.5) is 30.7 Å². The molecule has 0 radical (unpaired) electrons. The molecule has 212 valence electrons. The van der Waals surface area contributed by atoms with Crippen LogP contribution in [0.3, 0.4) is 0 Å². The Labute approximate surface area is 227 Å². The molecule has 2 amide bonds. The Balaban J connectivity index is 1.61. The van der Waals surface area contributed by atoms with E-state index in [1.165, 1.54) is 30.0 Å². The molecule has 1 fully saturated rings. The van der Waals surface area contributed by atoms with Crippen molar-refractivity contribution in [3.63, 3.8) is 0 Å². The van der Waals surface area contributed by atoms with E-state index in [2.05, 4.69) is 15.3 Å². The minimum absolute atomic E-state index is 0.00604. The number of carbonyl (C=O) groups is 2. The molecule has 2 aliphatic heterocycles. The van der Waals surface area contributed by atoms with Crippen molar-refractivity contribution in [2.45, 2.75) is 43.8 Å². The smallest absolute Gasteiger partial charge is 0.374 e. The predicted octanol–water partition coefficient (Wildman–Crippen LogP) is 5.24. The molecule has 1 N–H and O–H groups in total. The summed E-state index contributed by atoms with van der Waals surface area (Å²) in [6.07, 6.45) is -11.4. The number of alkyl halides is 6. The summed E-state index contributed by atoms with van der Waals surface area (Å²) in [5.74, 6) is -2.80. The lowest BCUT2D eigenvalue weighted by Gasteiger charge is -2.30. The first kappa shape index (κ1) is 29.1. The van der Waals surface area contributed by atoms with E-state index in [-0.39, 0.29) is 54.0 Å². The molecule has 2 atom stereocenters. The standard InChI is InChI=1S/C25H18ClF7N4O3/c1-12-8-13(2-3-15(12)21(38)35-18-4-6-37(7-5-34)22(18)39)19-11-23(40-36-19,25(31,32)33)16-9-14(24(28,29)30)10-17(26)20(16)27/h2-3,8-10,18H,4,6-7,11H2,1H3,(H,35,38)/t18-,23+/m0/s1. The van der Waals surface area contributed by atoms with Crippen LogP contribution in [0.1, 0.15) is 45.5 Å². The maximum Gasteiger partial charge on any atom is 0.435 e. The second-order valence-electron chi connectivity index (χ2n) is 9.21. The van der Waals surface area contributed by atoms with Gasteiger partial charge in [0, 0.05) is 17.7 Å². The molecule has 0 unspecified atom stereocenters. The Bertz CT molecular complexity index is 1450. The van der Waals surface area contributed by atoms with E-state index in [4.69, 9.17) is 16.9 Å². The lowest BCUT2D eigenvalue weighted by Crippen LogP contribution is -2.43. The van der Waals surface area contributed by atoms with Crippen molar-refractivity contribution in [3.8, 4) is 6.07 Å². The summed E-state index contributed by atoms with van der Waals surface area (Å²) in [5, 5.41) is 13.6. The van der Waals surface area contributed by atoms with Crippen LogP contribution in [0.25, 0.3) is 0 Å². The van der Waals surface area contributed by atoms with Gasteiger partial charge in [-0.3, -0.25) is 9.59 Å². The third-order valence-corrected chi connectivity index (χ3v) is 6.92. The van der Waals surface area contributed by atoms with Gasteiger partial charge in [0.15, 0.2) is 0 Å². The molecule has 0 spiro atoms. The van der Waals surface area contributed by atoms with Crippen molar-refractivity contribution in [1.29, 1.82) is 5.26 Å². The van der Waals surface area contributed by atoms with Gasteiger partial charge in [0.05, 0.1) is 28.8 Å². The quantitative estimate of drug-likeness (QED) is 0.381. The molecule has 0 saturated carbocycles. The van der Waals surface area contributed by atoms with Crippen LogP contribution in [0.5, 0.6) is 0 Å². The summed E-state index contributed by atoms with van der Waals surface area (Å²) < 4.78 is 97.5. The van der Waals surface area contributed by atoms with Gasteiger partial charge in [-0.1, -0.05) is 22.8 Å². The highest BCUT2D eigenvalue weighted by Gasteiger charge is 2.64. The molecule has 0 aliphatic carbocycles. The number of rotatable bonds is 5. The van der Waals surface area contributed by atoms with Gasteiger partial charge in [-0.2, -0.15) is 31.6 Å². The number of aryl methyl sites for hydroxylation is 1. The van der Waals surface area contributed by atoms with Crippen molar-refractivity contribution in [2.75, 3.05) is 13.1 Å². The second-order valence-corrected chi connectivity index (χ2v) is 9.62. The topological polar surface area (TPSA) is 94.8 Å². The van der Waals surface area contributed by atoms with Crippen LogP contribution in [0.15, 0.2) is 35.5 Å². The van der Waals surface area contributed by atoms with Crippen molar-refractivity contribution in [1.82, 2.24) is 10.2 Å². The zero-order valence-corrected chi connectivity index (χ0v) is 21.1. The van der Waals surface area contributed by atoms with E-state index in [0.717, 1.165) is 0 Å². The zero-order valence-electron chi connectivity index (χ0n) is 20.4. The van der Waals surface area contributed by atoms with Crippen LogP contribution in [0.2, 0.25) is 5.02 Å². The minimum Gasteiger partial charge on any atom is -0.374 e. The summed E-state index contributed by atoms with van der Waals surface area (Å²) in [6.45, 7) is 1.63. The van der Waals surface area contributed by atoms with E-state index in [1.54, 1.807) is 0 Å². The molecule has 2 aromatic carbocycles. The van der Waals surface area contributed by atoms with E-state index < -0.39 is 64.2 Å². The molecule has 2 heterocycles. The van der Waals surface area contributed by atoms with Gasteiger partial charge in [-0.15, -0.1) is 0 Å². The van der Waals surface area contributed by atoms with E-state index >= 15 is 0 Å². The Kier molecular flexibility index (Phi) is 7.48. The molecule has 40 heavy (non-hydrogen) atoms. The molecule has 0 bridgehead atoms. The number of hydrogen-bond acceptors (Lipinski definition) is 5. The number of halogens is 8. The fourth-order valence-corrected chi connectivity index (χ4v) is 4.75. The van der Waals surface area contributed by atoms with Gasteiger partial charge >= 0.3 is 12.4 Å². The fraction of sp³-hybridized carbons (Fsp3) is 0.360. The third kappa shape index (κ3) is 5.17. The SMILES string of the molecule is Cc1cc(C2=NO[C@](c3cc(C(F)(F)F)cc(Cl)c3F)(C(F)(F)F)C2)ccc1C(=O)N[C@H]1CCN(CC#N)C1=O. The Morgan fingerprint density at radius 1 is 1.25 bits per heavy atom. The Morgan fingerprint density at radius 3 is 2.55 bits per heavy atom. The van der Waals surface area contributed by atoms with Crippen LogP contribution in [-0.2, 0) is 21.4 Å². The minimum atomic E-state index is -5.41. The van der Waals surface area contributed by atoms with Crippen LogP contribution in [0, 0.1) is 24.1 Å². The number of oxime groups is 1. The van der Waals surface area contributed by atoms with Gasteiger partial charge in [-0.25, -0.2) is 4.39 Å². The van der Waals surface area contributed by atoms with Gasteiger partial charge in [-0.05, 0) is 48.7 Å². The molecular formula is C25H18ClF7N4O3. The molecule has 2 aliphatic rings. The number of likely N-dealkylation sites (tertiary alicyclic amines) is 1.